The summed E-state index contributed by atoms with van der Waals surface area (Å²) in [6, 6.07) is 9.92. The van der Waals surface area contributed by atoms with Gasteiger partial charge in [-0.3, -0.25) is 9.78 Å². The van der Waals surface area contributed by atoms with E-state index >= 15 is 0 Å². The molecule has 0 unspecified atom stereocenters. The van der Waals surface area contributed by atoms with Gasteiger partial charge in [0.15, 0.2) is 0 Å². The van der Waals surface area contributed by atoms with E-state index in [1.165, 1.54) is 11.8 Å². The van der Waals surface area contributed by atoms with Crippen LogP contribution in [0, 0.1) is 20.8 Å². The summed E-state index contributed by atoms with van der Waals surface area (Å²) in [5.41, 5.74) is 11.8. The van der Waals surface area contributed by atoms with E-state index in [2.05, 4.69) is 29.1 Å². The number of primary amides is 1. The van der Waals surface area contributed by atoms with Gasteiger partial charge in [-0.2, -0.15) is 5.10 Å². The average Bonchev–Trinajstić information content (AvgIpc) is 2.83. The van der Waals surface area contributed by atoms with Crippen LogP contribution in [0.1, 0.15) is 27.3 Å². The van der Waals surface area contributed by atoms with Crippen LogP contribution in [0.4, 0.5) is 0 Å². The molecule has 0 spiro atoms. The highest BCUT2D eigenvalue weighted by atomic mass is 16.1. The van der Waals surface area contributed by atoms with Crippen LogP contribution in [-0.4, -0.2) is 20.7 Å². The number of amides is 1. The molecule has 1 amide bonds. The maximum atomic E-state index is 11.4. The molecule has 0 atom stereocenters. The summed E-state index contributed by atoms with van der Waals surface area (Å²) < 4.78 is 1.80. The molecule has 2 N–H and O–H groups in total. The Morgan fingerprint density at radius 3 is 2.57 bits per heavy atom. The predicted molar refractivity (Wildman–Crippen MR) is 89.5 cm³/mol. The number of nitrogens with two attached hydrogens (primary N) is 1. The van der Waals surface area contributed by atoms with E-state index in [0.29, 0.717) is 5.56 Å². The molecule has 0 aliphatic heterocycles. The zero-order valence-corrected chi connectivity index (χ0v) is 13.4. The summed E-state index contributed by atoms with van der Waals surface area (Å²) >= 11 is 0. The van der Waals surface area contributed by atoms with Gasteiger partial charge in [0.1, 0.15) is 0 Å². The first-order valence-corrected chi connectivity index (χ1v) is 7.36. The van der Waals surface area contributed by atoms with Crippen molar-refractivity contribution in [1.29, 1.82) is 0 Å². The SMILES string of the molecule is Cc1ccccc1-c1c(C)nn(-c2cncc(C(N)=O)c2)c1C. The van der Waals surface area contributed by atoms with Crippen LogP contribution in [0.25, 0.3) is 16.8 Å². The van der Waals surface area contributed by atoms with E-state index < -0.39 is 5.91 Å². The van der Waals surface area contributed by atoms with Gasteiger partial charge in [-0.05, 0) is 38.0 Å². The molecule has 0 saturated carbocycles. The molecule has 0 radical (unpaired) electrons. The highest BCUT2D eigenvalue weighted by molar-refractivity contribution is 5.92. The quantitative estimate of drug-likeness (QED) is 0.808. The number of nitrogens with zero attached hydrogens (tertiary/aromatic N) is 3. The zero-order chi connectivity index (χ0) is 16.6. The summed E-state index contributed by atoms with van der Waals surface area (Å²) in [5, 5.41) is 4.62. The van der Waals surface area contributed by atoms with Crippen LogP contribution in [0.15, 0.2) is 42.7 Å². The molecule has 5 nitrogen and oxygen atoms in total. The topological polar surface area (TPSA) is 73.8 Å². The van der Waals surface area contributed by atoms with E-state index in [1.54, 1.807) is 16.9 Å². The van der Waals surface area contributed by atoms with Gasteiger partial charge in [0.25, 0.3) is 0 Å². The maximum Gasteiger partial charge on any atom is 0.250 e. The Morgan fingerprint density at radius 1 is 1.13 bits per heavy atom. The second-order valence-corrected chi connectivity index (χ2v) is 5.57. The average molecular weight is 306 g/mol. The standard InChI is InChI=1S/C18H18N4O/c1-11-6-4-5-7-16(11)17-12(2)21-22(13(17)3)15-8-14(18(19)23)9-20-10-15/h4-10H,1-3H3,(H2,19,23). The summed E-state index contributed by atoms with van der Waals surface area (Å²) in [6.45, 7) is 6.08. The van der Waals surface area contributed by atoms with Crippen molar-refractivity contribution in [3.63, 3.8) is 0 Å². The number of rotatable bonds is 3. The van der Waals surface area contributed by atoms with E-state index in [0.717, 1.165) is 28.2 Å². The van der Waals surface area contributed by atoms with Gasteiger partial charge in [-0.1, -0.05) is 24.3 Å². The fourth-order valence-corrected chi connectivity index (χ4v) is 2.82. The second-order valence-electron chi connectivity index (χ2n) is 5.57. The molecule has 23 heavy (non-hydrogen) atoms. The highest BCUT2D eigenvalue weighted by Gasteiger charge is 2.16. The molecule has 3 rings (SSSR count). The molecule has 0 saturated heterocycles. The lowest BCUT2D eigenvalue weighted by atomic mass is 9.99. The number of aryl methyl sites for hydroxylation is 2. The van der Waals surface area contributed by atoms with Crippen LogP contribution in [0.2, 0.25) is 0 Å². The van der Waals surface area contributed by atoms with Crippen molar-refractivity contribution in [2.45, 2.75) is 20.8 Å². The van der Waals surface area contributed by atoms with E-state index in [1.807, 2.05) is 26.0 Å². The van der Waals surface area contributed by atoms with Gasteiger partial charge in [0.2, 0.25) is 5.91 Å². The number of hydrogen-bond acceptors (Lipinski definition) is 3. The Hall–Kier alpha value is -2.95. The van der Waals surface area contributed by atoms with Crippen LogP contribution in [0.3, 0.4) is 0 Å². The molecule has 2 aromatic heterocycles. The van der Waals surface area contributed by atoms with Crippen LogP contribution >= 0.6 is 0 Å². The number of pyridine rings is 1. The molecule has 0 fully saturated rings. The lowest BCUT2D eigenvalue weighted by Gasteiger charge is -2.08. The smallest absolute Gasteiger partial charge is 0.250 e. The van der Waals surface area contributed by atoms with Gasteiger partial charge < -0.3 is 5.73 Å². The molecule has 3 aromatic rings. The molecule has 0 bridgehead atoms. The molecule has 0 aliphatic rings. The molecule has 2 heterocycles. The minimum absolute atomic E-state index is 0.368. The Kier molecular flexibility index (Phi) is 3.70. The van der Waals surface area contributed by atoms with Crippen LogP contribution in [-0.2, 0) is 0 Å². The van der Waals surface area contributed by atoms with Crippen molar-refractivity contribution >= 4 is 5.91 Å². The van der Waals surface area contributed by atoms with Gasteiger partial charge in [-0.25, -0.2) is 4.68 Å². The fraction of sp³-hybridized carbons (Fsp3) is 0.167. The third-order valence-corrected chi connectivity index (χ3v) is 3.96. The lowest BCUT2D eigenvalue weighted by Crippen LogP contribution is -2.12. The normalized spacial score (nSPS) is 10.7. The zero-order valence-electron chi connectivity index (χ0n) is 13.4. The molecular formula is C18H18N4O. The van der Waals surface area contributed by atoms with Crippen molar-refractivity contribution in [1.82, 2.24) is 14.8 Å². The van der Waals surface area contributed by atoms with Crippen LogP contribution in [0.5, 0.6) is 0 Å². The summed E-state index contributed by atoms with van der Waals surface area (Å²) in [6.07, 6.45) is 3.13. The largest absolute Gasteiger partial charge is 0.366 e. The first-order valence-electron chi connectivity index (χ1n) is 7.36. The van der Waals surface area contributed by atoms with Gasteiger partial charge in [0, 0.05) is 17.5 Å². The van der Waals surface area contributed by atoms with Gasteiger partial charge in [0.05, 0.1) is 23.1 Å². The van der Waals surface area contributed by atoms with Gasteiger partial charge >= 0.3 is 0 Å². The number of benzene rings is 1. The van der Waals surface area contributed by atoms with E-state index in [-0.39, 0.29) is 0 Å². The Morgan fingerprint density at radius 2 is 1.87 bits per heavy atom. The third-order valence-electron chi connectivity index (χ3n) is 3.96. The number of carbonyl (C=O) groups is 1. The lowest BCUT2D eigenvalue weighted by molar-refractivity contribution is 0.1000. The molecule has 1 aromatic carbocycles. The first kappa shape index (κ1) is 15.0. The number of hydrogen-bond donors (Lipinski definition) is 1. The second kappa shape index (κ2) is 5.68. The van der Waals surface area contributed by atoms with E-state index in [4.69, 9.17) is 5.73 Å². The van der Waals surface area contributed by atoms with E-state index in [9.17, 15) is 4.79 Å². The predicted octanol–water partition coefficient (Wildman–Crippen LogP) is 2.96. The minimum Gasteiger partial charge on any atom is -0.366 e. The molecule has 116 valence electrons. The molecule has 5 heteroatoms. The molecular weight excluding hydrogens is 288 g/mol. The first-order chi connectivity index (χ1) is 11.0. The summed E-state index contributed by atoms with van der Waals surface area (Å²) in [4.78, 5) is 15.5. The fourth-order valence-electron chi connectivity index (χ4n) is 2.82. The number of carbonyl (C=O) groups excluding carboxylic acids is 1. The van der Waals surface area contributed by atoms with Crippen molar-refractivity contribution in [3.05, 3.63) is 65.2 Å². The van der Waals surface area contributed by atoms with Crippen molar-refractivity contribution in [3.8, 4) is 16.8 Å². The summed E-state index contributed by atoms with van der Waals surface area (Å²) in [5.74, 6) is -0.500. The highest BCUT2D eigenvalue weighted by Crippen LogP contribution is 2.30. The third kappa shape index (κ3) is 2.61. The Balaban J connectivity index is 2.17. The minimum atomic E-state index is -0.500. The van der Waals surface area contributed by atoms with Crippen LogP contribution < -0.4 is 5.73 Å². The Bertz CT molecular complexity index is 896. The van der Waals surface area contributed by atoms with Crippen molar-refractivity contribution in [2.24, 2.45) is 5.73 Å². The van der Waals surface area contributed by atoms with Gasteiger partial charge in [-0.15, -0.1) is 0 Å². The molecule has 0 aliphatic carbocycles. The van der Waals surface area contributed by atoms with Crippen molar-refractivity contribution in [2.75, 3.05) is 0 Å². The summed E-state index contributed by atoms with van der Waals surface area (Å²) in [7, 11) is 0. The monoisotopic (exact) mass is 306 g/mol. The number of aromatic nitrogens is 3. The van der Waals surface area contributed by atoms with Crippen molar-refractivity contribution < 1.29 is 4.79 Å². The Labute approximate surface area is 134 Å². The maximum absolute atomic E-state index is 11.4.